The molecule has 1 N–H and O–H groups in total. The van der Waals surface area contributed by atoms with Crippen LogP contribution in [-0.2, 0) is 21.4 Å². The Morgan fingerprint density at radius 3 is 2.52 bits per heavy atom. The van der Waals surface area contributed by atoms with Gasteiger partial charge >= 0.3 is 0 Å². The topological polar surface area (TPSA) is 72.5 Å². The Bertz CT molecular complexity index is 778. The predicted molar refractivity (Wildman–Crippen MR) is 93.4 cm³/mol. The van der Waals surface area contributed by atoms with Crippen LogP contribution in [0.1, 0.15) is 16.0 Å². The number of carbonyl (C=O) groups is 1. The largest absolute Gasteiger partial charge is 0.487 e. The van der Waals surface area contributed by atoms with Gasteiger partial charge in [-0.25, -0.2) is 8.42 Å². The summed E-state index contributed by atoms with van der Waals surface area (Å²) in [7, 11) is -3.47. The summed E-state index contributed by atoms with van der Waals surface area (Å²) >= 11 is 3.21. The number of nitrogens with one attached hydrogen (secondary N) is 1. The van der Waals surface area contributed by atoms with Crippen molar-refractivity contribution in [1.29, 1.82) is 0 Å². The van der Waals surface area contributed by atoms with E-state index < -0.39 is 14.9 Å². The maximum Gasteiger partial charge on any atom is 0.229 e. The number of carbonyl (C=O) groups excluding carboxylic acids is 1. The van der Waals surface area contributed by atoms with Gasteiger partial charge in [-0.3, -0.25) is 4.72 Å². The van der Waals surface area contributed by atoms with Crippen molar-refractivity contribution in [2.45, 2.75) is 11.4 Å². The number of rotatable bonds is 7. The van der Waals surface area contributed by atoms with E-state index in [1.807, 2.05) is 30.3 Å². The zero-order valence-electron chi connectivity index (χ0n) is 12.4. The number of ether oxygens (including phenoxy) is 1. The molecule has 0 saturated heterocycles. The molecule has 0 saturated carbocycles. The van der Waals surface area contributed by atoms with Crippen LogP contribution in [-0.4, -0.2) is 21.0 Å². The minimum atomic E-state index is -3.47. The van der Waals surface area contributed by atoms with E-state index in [2.05, 4.69) is 20.7 Å². The molecule has 7 heteroatoms. The fourth-order valence-electron chi connectivity index (χ4n) is 1.94. The molecule has 0 aliphatic heterocycles. The van der Waals surface area contributed by atoms with Crippen LogP contribution >= 0.6 is 15.9 Å². The van der Waals surface area contributed by atoms with Gasteiger partial charge in [0.2, 0.25) is 10.0 Å². The number of halogens is 1. The van der Waals surface area contributed by atoms with Crippen molar-refractivity contribution in [3.8, 4) is 5.75 Å². The molecule has 2 aromatic rings. The molecule has 23 heavy (non-hydrogen) atoms. The second-order valence-corrected chi connectivity index (χ2v) is 7.68. The summed E-state index contributed by atoms with van der Waals surface area (Å²) in [6, 6.07) is 14.5. The lowest BCUT2D eigenvalue weighted by atomic mass is 10.1. The van der Waals surface area contributed by atoms with Gasteiger partial charge in [-0.2, -0.15) is 0 Å². The van der Waals surface area contributed by atoms with Crippen LogP contribution in [0.3, 0.4) is 0 Å². The number of hydrogen-bond donors (Lipinski definition) is 1. The van der Waals surface area contributed by atoms with Crippen molar-refractivity contribution in [3.05, 3.63) is 59.7 Å². The minimum Gasteiger partial charge on any atom is -0.487 e. The molecule has 0 fully saturated rings. The number of hydrogen-bond acceptors (Lipinski definition) is 4. The fourth-order valence-corrected chi connectivity index (χ4v) is 2.78. The maximum absolute atomic E-state index is 11.5. The minimum absolute atomic E-state index is 0.298. The molecular weight excluding hydrogens is 382 g/mol. The molecule has 1 unspecified atom stereocenters. The molecule has 2 rings (SSSR count). The highest BCUT2D eigenvalue weighted by Crippen LogP contribution is 2.31. The first kappa shape index (κ1) is 17.5. The molecule has 0 aromatic heterocycles. The number of alkyl halides is 1. The van der Waals surface area contributed by atoms with Crippen molar-refractivity contribution >= 4 is 37.9 Å². The Balaban J connectivity index is 2.27. The van der Waals surface area contributed by atoms with Crippen LogP contribution in [0, 0.1) is 0 Å². The fraction of sp³-hybridized carbons (Fsp3) is 0.188. The lowest BCUT2D eigenvalue weighted by Crippen LogP contribution is -2.11. The normalized spacial score (nSPS) is 12.4. The SMILES string of the molecule is CS(=O)(=O)Nc1cc(C(Br)C=O)ccc1OCc1ccccc1. The number of benzene rings is 2. The van der Waals surface area contributed by atoms with E-state index in [0.29, 0.717) is 23.6 Å². The highest BCUT2D eigenvalue weighted by molar-refractivity contribution is 9.09. The molecule has 2 aromatic carbocycles. The summed E-state index contributed by atoms with van der Waals surface area (Å²) in [4.78, 5) is 10.4. The van der Waals surface area contributed by atoms with Crippen LogP contribution in [0.5, 0.6) is 5.75 Å². The van der Waals surface area contributed by atoms with Crippen LogP contribution in [0.25, 0.3) is 0 Å². The first-order valence-electron chi connectivity index (χ1n) is 6.77. The van der Waals surface area contributed by atoms with E-state index in [0.717, 1.165) is 18.1 Å². The Morgan fingerprint density at radius 1 is 1.22 bits per heavy atom. The Hall–Kier alpha value is -1.86. The molecule has 0 bridgehead atoms. The quantitative estimate of drug-likeness (QED) is 0.574. The molecule has 122 valence electrons. The third-order valence-corrected chi connectivity index (χ3v) is 4.31. The summed E-state index contributed by atoms with van der Waals surface area (Å²) in [5.74, 6) is 0.397. The lowest BCUT2D eigenvalue weighted by Gasteiger charge is -2.14. The van der Waals surface area contributed by atoms with Crippen molar-refractivity contribution in [3.63, 3.8) is 0 Å². The molecule has 0 aliphatic carbocycles. The average molecular weight is 398 g/mol. The van der Waals surface area contributed by atoms with Gasteiger partial charge < -0.3 is 9.53 Å². The first-order valence-corrected chi connectivity index (χ1v) is 9.57. The molecule has 1 atom stereocenters. The molecule has 5 nitrogen and oxygen atoms in total. The zero-order valence-corrected chi connectivity index (χ0v) is 14.8. The Kier molecular flexibility index (Phi) is 5.79. The summed E-state index contributed by atoms with van der Waals surface area (Å²) in [6.45, 7) is 0.310. The monoisotopic (exact) mass is 397 g/mol. The third kappa shape index (κ3) is 5.37. The van der Waals surface area contributed by atoms with E-state index in [1.165, 1.54) is 0 Å². The second kappa shape index (κ2) is 7.61. The highest BCUT2D eigenvalue weighted by atomic mass is 79.9. The van der Waals surface area contributed by atoms with E-state index in [1.54, 1.807) is 18.2 Å². The Labute approximate surface area is 143 Å². The van der Waals surface area contributed by atoms with Gasteiger partial charge in [0.15, 0.2) is 0 Å². The van der Waals surface area contributed by atoms with Gasteiger partial charge in [-0.15, -0.1) is 0 Å². The summed E-state index contributed by atoms with van der Waals surface area (Å²) in [6.07, 6.45) is 1.79. The van der Waals surface area contributed by atoms with E-state index >= 15 is 0 Å². The van der Waals surface area contributed by atoms with Gasteiger partial charge in [-0.05, 0) is 23.3 Å². The van der Waals surface area contributed by atoms with E-state index in [9.17, 15) is 13.2 Å². The molecule has 0 spiro atoms. The lowest BCUT2D eigenvalue weighted by molar-refractivity contribution is -0.107. The molecular formula is C16H16BrNO4S. The maximum atomic E-state index is 11.5. The van der Waals surface area contributed by atoms with Crippen LogP contribution in [0.15, 0.2) is 48.5 Å². The molecule has 0 radical (unpaired) electrons. The first-order chi connectivity index (χ1) is 10.9. The number of sulfonamides is 1. The van der Waals surface area contributed by atoms with Crippen LogP contribution in [0.4, 0.5) is 5.69 Å². The standard InChI is InChI=1S/C16H16BrNO4S/c1-23(20,21)18-15-9-13(14(17)10-19)7-8-16(15)22-11-12-5-3-2-4-6-12/h2-10,14,18H,11H2,1H3. The van der Waals surface area contributed by atoms with Gasteiger partial charge in [0.25, 0.3) is 0 Å². The van der Waals surface area contributed by atoms with Crippen LogP contribution in [0.2, 0.25) is 0 Å². The number of aldehydes is 1. The van der Waals surface area contributed by atoms with Crippen molar-refractivity contribution in [2.24, 2.45) is 0 Å². The van der Waals surface area contributed by atoms with Crippen molar-refractivity contribution in [1.82, 2.24) is 0 Å². The molecule has 0 heterocycles. The van der Waals surface area contributed by atoms with Gasteiger partial charge in [-0.1, -0.05) is 52.3 Å². The molecule has 0 amide bonds. The van der Waals surface area contributed by atoms with Gasteiger partial charge in [0, 0.05) is 0 Å². The van der Waals surface area contributed by atoms with Gasteiger partial charge in [0.05, 0.1) is 16.8 Å². The Morgan fingerprint density at radius 2 is 1.91 bits per heavy atom. The zero-order chi connectivity index (χ0) is 16.9. The van der Waals surface area contributed by atoms with Crippen molar-refractivity contribution < 1.29 is 17.9 Å². The summed E-state index contributed by atoms with van der Waals surface area (Å²) < 4.78 is 31.2. The van der Waals surface area contributed by atoms with Crippen LogP contribution < -0.4 is 9.46 Å². The third-order valence-electron chi connectivity index (χ3n) is 2.97. The van der Waals surface area contributed by atoms with E-state index in [-0.39, 0.29) is 0 Å². The second-order valence-electron chi connectivity index (χ2n) is 4.94. The molecule has 0 aliphatic rings. The summed E-state index contributed by atoms with van der Waals surface area (Å²) in [5.41, 5.74) is 1.90. The highest BCUT2D eigenvalue weighted by Gasteiger charge is 2.13. The average Bonchev–Trinajstić information content (AvgIpc) is 2.52. The van der Waals surface area contributed by atoms with Crippen molar-refractivity contribution in [2.75, 3.05) is 11.0 Å². The smallest absolute Gasteiger partial charge is 0.229 e. The van der Waals surface area contributed by atoms with Gasteiger partial charge in [0.1, 0.15) is 18.6 Å². The predicted octanol–water partition coefficient (Wildman–Crippen LogP) is 3.27. The number of anilines is 1. The van der Waals surface area contributed by atoms with E-state index in [4.69, 9.17) is 4.74 Å². The summed E-state index contributed by atoms with van der Waals surface area (Å²) in [5, 5.41) is 0.